The maximum absolute atomic E-state index is 11.7. The van der Waals surface area contributed by atoms with Gasteiger partial charge in [-0.05, 0) is 12.8 Å². The number of carbonyl (C=O) groups is 2. The third-order valence-corrected chi connectivity index (χ3v) is 3.70. The molecule has 19 heavy (non-hydrogen) atoms. The molecule has 0 radical (unpaired) electrons. The molecule has 2 atom stereocenters. The van der Waals surface area contributed by atoms with Crippen LogP contribution in [0.3, 0.4) is 0 Å². The first-order valence-electron chi connectivity index (χ1n) is 6.25. The molecule has 3 N–H and O–H groups in total. The summed E-state index contributed by atoms with van der Waals surface area (Å²) in [7, 11) is 0. The van der Waals surface area contributed by atoms with E-state index in [4.69, 9.17) is 5.11 Å². The Morgan fingerprint density at radius 2 is 2.16 bits per heavy atom. The molecular weight excluding hydrogens is 266 g/mol. The normalized spacial score (nSPS) is 13.6. The van der Waals surface area contributed by atoms with E-state index < -0.39 is 11.9 Å². The average molecular weight is 285 g/mol. The number of thiazole rings is 1. The number of hydrogen-bond donors (Lipinski definition) is 3. The van der Waals surface area contributed by atoms with Crippen LogP contribution in [-0.2, 0) is 4.79 Å². The van der Waals surface area contributed by atoms with Crippen LogP contribution in [0.15, 0.2) is 11.6 Å². The van der Waals surface area contributed by atoms with E-state index in [1.165, 1.54) is 11.3 Å². The third-order valence-electron chi connectivity index (χ3n) is 2.81. The fraction of sp³-hybridized carbons (Fsp3) is 0.583. The zero-order valence-electron chi connectivity index (χ0n) is 11.0. The van der Waals surface area contributed by atoms with Gasteiger partial charge in [-0.3, -0.25) is 4.79 Å². The number of rotatable bonds is 7. The van der Waals surface area contributed by atoms with Crippen LogP contribution < -0.4 is 10.6 Å². The van der Waals surface area contributed by atoms with Gasteiger partial charge in [0.25, 0.3) is 0 Å². The fourth-order valence-corrected chi connectivity index (χ4v) is 2.35. The monoisotopic (exact) mass is 285 g/mol. The van der Waals surface area contributed by atoms with E-state index in [1.807, 2.05) is 12.3 Å². The molecule has 1 rings (SSSR count). The smallest absolute Gasteiger partial charge is 0.315 e. The lowest BCUT2D eigenvalue weighted by Gasteiger charge is -2.16. The number of aliphatic carboxylic acids is 1. The Kier molecular flexibility index (Phi) is 6.27. The van der Waals surface area contributed by atoms with Gasteiger partial charge in [-0.25, -0.2) is 9.78 Å². The van der Waals surface area contributed by atoms with Crippen molar-refractivity contribution in [1.82, 2.24) is 15.6 Å². The Morgan fingerprint density at radius 1 is 1.42 bits per heavy atom. The Labute approximate surface area is 116 Å². The Balaban J connectivity index is 2.44. The molecule has 0 aliphatic carbocycles. The first kappa shape index (κ1) is 15.4. The second kappa shape index (κ2) is 7.73. The van der Waals surface area contributed by atoms with Crippen LogP contribution in [0.4, 0.5) is 4.79 Å². The average Bonchev–Trinajstić information content (AvgIpc) is 2.90. The largest absolute Gasteiger partial charge is 0.481 e. The van der Waals surface area contributed by atoms with Crippen molar-refractivity contribution in [2.75, 3.05) is 6.54 Å². The zero-order chi connectivity index (χ0) is 14.3. The summed E-state index contributed by atoms with van der Waals surface area (Å²) in [4.78, 5) is 26.7. The molecule has 7 heteroatoms. The topological polar surface area (TPSA) is 91.3 Å². The van der Waals surface area contributed by atoms with Crippen LogP contribution in [0.1, 0.15) is 37.7 Å². The number of carboxylic acid groups (broad SMARTS) is 1. The lowest BCUT2D eigenvalue weighted by Crippen LogP contribution is -2.41. The fourth-order valence-electron chi connectivity index (χ4n) is 1.58. The van der Waals surface area contributed by atoms with Crippen molar-refractivity contribution in [2.24, 2.45) is 5.92 Å². The number of urea groups is 1. The standard InChI is InChI=1S/C12H19N3O3S/c1-3-8(11(16)17)7-14-12(18)15-9(4-2)10-13-5-6-19-10/h5-6,8-9H,3-4,7H2,1-2H3,(H,16,17)(H2,14,15,18). The molecule has 0 aromatic carbocycles. The van der Waals surface area contributed by atoms with E-state index in [-0.39, 0.29) is 18.6 Å². The number of aromatic nitrogens is 1. The zero-order valence-corrected chi connectivity index (χ0v) is 11.9. The lowest BCUT2D eigenvalue weighted by atomic mass is 10.1. The van der Waals surface area contributed by atoms with E-state index in [0.29, 0.717) is 6.42 Å². The van der Waals surface area contributed by atoms with Gasteiger partial charge in [-0.15, -0.1) is 11.3 Å². The quantitative estimate of drug-likeness (QED) is 0.714. The van der Waals surface area contributed by atoms with Crippen LogP contribution in [0.25, 0.3) is 0 Å². The van der Waals surface area contributed by atoms with Crippen LogP contribution in [0.5, 0.6) is 0 Å². The highest BCUT2D eigenvalue weighted by Crippen LogP contribution is 2.18. The molecule has 1 heterocycles. The van der Waals surface area contributed by atoms with Gasteiger partial charge in [0, 0.05) is 18.1 Å². The number of carboxylic acids is 1. The molecule has 0 aliphatic rings. The summed E-state index contributed by atoms with van der Waals surface area (Å²) in [5, 5.41) is 17.0. The van der Waals surface area contributed by atoms with Gasteiger partial charge >= 0.3 is 12.0 Å². The molecular formula is C12H19N3O3S. The molecule has 0 saturated heterocycles. The highest BCUT2D eigenvalue weighted by molar-refractivity contribution is 7.09. The molecule has 1 aromatic heterocycles. The molecule has 0 fully saturated rings. The van der Waals surface area contributed by atoms with E-state index in [9.17, 15) is 9.59 Å². The van der Waals surface area contributed by atoms with Gasteiger partial charge in [0.05, 0.1) is 12.0 Å². The number of nitrogens with one attached hydrogen (secondary N) is 2. The summed E-state index contributed by atoms with van der Waals surface area (Å²) in [6.45, 7) is 3.87. The molecule has 0 aliphatic heterocycles. The lowest BCUT2D eigenvalue weighted by molar-refractivity contribution is -0.141. The molecule has 2 unspecified atom stereocenters. The van der Waals surface area contributed by atoms with E-state index in [2.05, 4.69) is 15.6 Å². The molecule has 6 nitrogen and oxygen atoms in total. The number of nitrogens with zero attached hydrogens (tertiary/aromatic N) is 1. The number of hydrogen-bond acceptors (Lipinski definition) is 4. The van der Waals surface area contributed by atoms with Gasteiger partial charge in [0.1, 0.15) is 5.01 Å². The summed E-state index contributed by atoms with van der Waals surface area (Å²) in [6, 6.07) is -0.494. The predicted octanol–water partition coefficient (Wildman–Crippen LogP) is 2.00. The molecule has 1 aromatic rings. The molecule has 0 spiro atoms. The summed E-state index contributed by atoms with van der Waals surface area (Å²) in [6.07, 6.45) is 2.91. The van der Waals surface area contributed by atoms with E-state index in [0.717, 1.165) is 11.4 Å². The van der Waals surface area contributed by atoms with E-state index >= 15 is 0 Å². The first-order chi connectivity index (χ1) is 9.08. The van der Waals surface area contributed by atoms with Gasteiger partial charge in [-0.2, -0.15) is 0 Å². The van der Waals surface area contributed by atoms with Crippen molar-refractivity contribution in [3.63, 3.8) is 0 Å². The summed E-state index contributed by atoms with van der Waals surface area (Å²) >= 11 is 1.48. The van der Waals surface area contributed by atoms with Gasteiger partial charge in [0.15, 0.2) is 0 Å². The summed E-state index contributed by atoms with van der Waals surface area (Å²) in [5.41, 5.74) is 0. The van der Waals surface area contributed by atoms with Crippen molar-refractivity contribution in [3.8, 4) is 0 Å². The van der Waals surface area contributed by atoms with Crippen molar-refractivity contribution >= 4 is 23.3 Å². The SMILES string of the molecule is CCC(CNC(=O)NC(CC)c1nccs1)C(=O)O. The summed E-state index contributed by atoms with van der Waals surface area (Å²) in [5.74, 6) is -1.44. The van der Waals surface area contributed by atoms with Crippen molar-refractivity contribution < 1.29 is 14.7 Å². The van der Waals surface area contributed by atoms with Crippen LogP contribution in [0.2, 0.25) is 0 Å². The van der Waals surface area contributed by atoms with Crippen LogP contribution in [-0.4, -0.2) is 28.6 Å². The third kappa shape index (κ3) is 4.86. The predicted molar refractivity (Wildman–Crippen MR) is 73.1 cm³/mol. The Bertz CT molecular complexity index is 408. The Morgan fingerprint density at radius 3 is 2.63 bits per heavy atom. The maximum atomic E-state index is 11.7. The van der Waals surface area contributed by atoms with Crippen LogP contribution >= 0.6 is 11.3 Å². The van der Waals surface area contributed by atoms with Crippen molar-refractivity contribution in [3.05, 3.63) is 16.6 Å². The minimum atomic E-state index is -0.894. The first-order valence-corrected chi connectivity index (χ1v) is 7.13. The highest BCUT2D eigenvalue weighted by Gasteiger charge is 2.18. The minimum Gasteiger partial charge on any atom is -0.481 e. The molecule has 2 amide bonds. The minimum absolute atomic E-state index is 0.131. The van der Waals surface area contributed by atoms with Gasteiger partial charge < -0.3 is 15.7 Å². The summed E-state index contributed by atoms with van der Waals surface area (Å²) < 4.78 is 0. The van der Waals surface area contributed by atoms with Gasteiger partial charge in [-0.1, -0.05) is 13.8 Å². The number of amides is 2. The second-order valence-electron chi connectivity index (χ2n) is 4.13. The highest BCUT2D eigenvalue weighted by atomic mass is 32.1. The van der Waals surface area contributed by atoms with Crippen molar-refractivity contribution in [2.45, 2.75) is 32.7 Å². The van der Waals surface area contributed by atoms with Crippen molar-refractivity contribution in [1.29, 1.82) is 0 Å². The molecule has 0 saturated carbocycles. The number of carbonyl (C=O) groups excluding carboxylic acids is 1. The van der Waals surface area contributed by atoms with Gasteiger partial charge in [0.2, 0.25) is 0 Å². The van der Waals surface area contributed by atoms with E-state index in [1.54, 1.807) is 13.1 Å². The molecule has 106 valence electrons. The maximum Gasteiger partial charge on any atom is 0.315 e. The molecule has 0 bridgehead atoms. The second-order valence-corrected chi connectivity index (χ2v) is 5.06. The van der Waals surface area contributed by atoms with Crippen LogP contribution in [0, 0.1) is 5.92 Å². The Hall–Kier alpha value is -1.63.